The van der Waals surface area contributed by atoms with Gasteiger partial charge in [0, 0.05) is 37.9 Å². The molecule has 126 valence electrons. The Bertz CT molecular complexity index is 572. The van der Waals surface area contributed by atoms with Crippen molar-refractivity contribution < 1.29 is 8.42 Å². The predicted octanol–water partition coefficient (Wildman–Crippen LogP) is 1.94. The van der Waals surface area contributed by atoms with Crippen molar-refractivity contribution in [3.05, 3.63) is 29.8 Å². The highest BCUT2D eigenvalue weighted by molar-refractivity contribution is 7.88. The van der Waals surface area contributed by atoms with Gasteiger partial charge in [-0.3, -0.25) is 4.90 Å². The van der Waals surface area contributed by atoms with Crippen LogP contribution >= 0.6 is 12.4 Å². The lowest BCUT2D eigenvalue weighted by atomic mass is 10.0. The summed E-state index contributed by atoms with van der Waals surface area (Å²) in [6, 6.07) is 8.08. The van der Waals surface area contributed by atoms with Crippen LogP contribution in [0.25, 0.3) is 0 Å². The summed E-state index contributed by atoms with van der Waals surface area (Å²) in [7, 11) is -3.10. The number of piperidine rings is 1. The summed E-state index contributed by atoms with van der Waals surface area (Å²) in [4.78, 5) is 2.36. The number of benzene rings is 1. The van der Waals surface area contributed by atoms with E-state index in [1.54, 1.807) is 4.31 Å². The van der Waals surface area contributed by atoms with E-state index in [0.717, 1.165) is 38.2 Å². The van der Waals surface area contributed by atoms with Gasteiger partial charge in [-0.2, -0.15) is 4.31 Å². The molecule has 1 aromatic carbocycles. The molecule has 0 bridgehead atoms. The van der Waals surface area contributed by atoms with Crippen LogP contribution in [0.5, 0.6) is 0 Å². The molecule has 0 saturated carbocycles. The number of rotatable bonds is 5. The van der Waals surface area contributed by atoms with Crippen molar-refractivity contribution in [2.24, 2.45) is 0 Å². The molecule has 0 spiro atoms. The van der Waals surface area contributed by atoms with E-state index in [-0.39, 0.29) is 18.4 Å². The molecule has 7 heteroatoms. The quantitative estimate of drug-likeness (QED) is 0.826. The van der Waals surface area contributed by atoms with E-state index in [1.807, 2.05) is 25.1 Å². The van der Waals surface area contributed by atoms with Gasteiger partial charge in [0.2, 0.25) is 10.0 Å². The molecule has 0 atom stereocenters. The number of likely N-dealkylation sites (tertiary alicyclic amines) is 1. The second-order valence-corrected chi connectivity index (χ2v) is 7.65. The van der Waals surface area contributed by atoms with E-state index in [0.29, 0.717) is 6.54 Å². The number of hydrogen-bond donors (Lipinski definition) is 1. The summed E-state index contributed by atoms with van der Waals surface area (Å²) in [6.45, 7) is 5.18. The zero-order valence-electron chi connectivity index (χ0n) is 13.2. The minimum Gasteiger partial charge on any atom is -0.399 e. The van der Waals surface area contributed by atoms with Crippen molar-refractivity contribution in [3.63, 3.8) is 0 Å². The molecule has 0 unspecified atom stereocenters. The highest BCUT2D eigenvalue weighted by Crippen LogP contribution is 2.20. The highest BCUT2D eigenvalue weighted by atomic mass is 35.5. The first-order chi connectivity index (χ1) is 9.90. The number of nitrogens with two attached hydrogens (primary N) is 1. The Balaban J connectivity index is 0.00000242. The van der Waals surface area contributed by atoms with Gasteiger partial charge in [-0.05, 0) is 30.5 Å². The second-order valence-electron chi connectivity index (χ2n) is 5.72. The third-order valence-corrected chi connectivity index (χ3v) is 5.47. The van der Waals surface area contributed by atoms with E-state index < -0.39 is 10.0 Å². The van der Waals surface area contributed by atoms with Gasteiger partial charge in [0.1, 0.15) is 0 Å². The molecule has 1 fully saturated rings. The van der Waals surface area contributed by atoms with Crippen LogP contribution in [0.1, 0.15) is 25.3 Å². The van der Waals surface area contributed by atoms with Gasteiger partial charge >= 0.3 is 0 Å². The first kappa shape index (κ1) is 19.2. The zero-order chi connectivity index (χ0) is 15.5. The van der Waals surface area contributed by atoms with Crippen LogP contribution in [0.3, 0.4) is 0 Å². The van der Waals surface area contributed by atoms with E-state index in [2.05, 4.69) is 11.0 Å². The van der Waals surface area contributed by atoms with Crippen LogP contribution in [0.4, 0.5) is 5.69 Å². The lowest BCUT2D eigenvalue weighted by molar-refractivity contribution is 0.156. The smallest absolute Gasteiger partial charge is 0.211 e. The van der Waals surface area contributed by atoms with Crippen molar-refractivity contribution in [1.82, 2.24) is 9.21 Å². The number of nitrogens with zero attached hydrogens (tertiary/aromatic N) is 2. The van der Waals surface area contributed by atoms with Gasteiger partial charge in [-0.15, -0.1) is 12.4 Å². The van der Waals surface area contributed by atoms with Gasteiger partial charge in [0.15, 0.2) is 0 Å². The Labute approximate surface area is 139 Å². The Kier molecular flexibility index (Phi) is 7.12. The molecule has 2 N–H and O–H groups in total. The molecule has 1 aliphatic heterocycles. The number of nitrogen functional groups attached to an aromatic ring is 1. The van der Waals surface area contributed by atoms with Crippen molar-refractivity contribution in [3.8, 4) is 0 Å². The van der Waals surface area contributed by atoms with E-state index in [9.17, 15) is 8.42 Å². The van der Waals surface area contributed by atoms with Crippen LogP contribution in [-0.4, -0.2) is 49.6 Å². The Morgan fingerprint density at radius 1 is 1.32 bits per heavy atom. The minimum atomic E-state index is -3.10. The van der Waals surface area contributed by atoms with Crippen LogP contribution in [0.15, 0.2) is 24.3 Å². The third-order valence-electron chi connectivity index (χ3n) is 4.06. The number of halogens is 1. The standard InChI is InChI=1S/C15H25N3O2S.ClH/c1-3-18(21(2,19)20)15-7-9-17(10-8-15)12-13-5-4-6-14(16)11-13;/h4-6,11,15H,3,7-10,12,16H2,1-2H3;1H. The molecule has 1 heterocycles. The zero-order valence-corrected chi connectivity index (χ0v) is 14.9. The van der Waals surface area contributed by atoms with E-state index in [1.165, 1.54) is 11.8 Å². The average molecular weight is 348 g/mol. The highest BCUT2D eigenvalue weighted by Gasteiger charge is 2.28. The largest absolute Gasteiger partial charge is 0.399 e. The third kappa shape index (κ3) is 5.12. The molecule has 0 aliphatic carbocycles. The molecule has 1 aromatic rings. The first-order valence-electron chi connectivity index (χ1n) is 7.43. The Morgan fingerprint density at radius 3 is 2.45 bits per heavy atom. The van der Waals surface area contributed by atoms with E-state index in [4.69, 9.17) is 5.73 Å². The molecule has 1 saturated heterocycles. The predicted molar refractivity (Wildman–Crippen MR) is 93.6 cm³/mol. The van der Waals surface area contributed by atoms with Gasteiger partial charge < -0.3 is 5.73 Å². The van der Waals surface area contributed by atoms with Gasteiger partial charge in [0.05, 0.1) is 6.26 Å². The summed E-state index contributed by atoms with van der Waals surface area (Å²) in [5.74, 6) is 0. The van der Waals surface area contributed by atoms with Crippen molar-refractivity contribution in [2.45, 2.75) is 32.4 Å². The molecule has 1 aliphatic rings. The molecule has 22 heavy (non-hydrogen) atoms. The maximum atomic E-state index is 11.8. The summed E-state index contributed by atoms with van der Waals surface area (Å²) >= 11 is 0. The fraction of sp³-hybridized carbons (Fsp3) is 0.600. The molecule has 5 nitrogen and oxygen atoms in total. The minimum absolute atomic E-state index is 0. The normalized spacial score (nSPS) is 17.4. The van der Waals surface area contributed by atoms with Crippen LogP contribution in [0.2, 0.25) is 0 Å². The lowest BCUT2D eigenvalue weighted by Gasteiger charge is -2.36. The monoisotopic (exact) mass is 347 g/mol. The molecule has 2 rings (SSSR count). The summed E-state index contributed by atoms with van der Waals surface area (Å²) < 4.78 is 25.2. The Hall–Kier alpha value is -0.820. The molecule has 0 amide bonds. The number of hydrogen-bond acceptors (Lipinski definition) is 4. The van der Waals surface area contributed by atoms with Crippen LogP contribution in [-0.2, 0) is 16.6 Å². The average Bonchev–Trinajstić information content (AvgIpc) is 2.40. The van der Waals surface area contributed by atoms with Gasteiger partial charge in [-0.25, -0.2) is 8.42 Å². The van der Waals surface area contributed by atoms with Crippen LogP contribution < -0.4 is 5.73 Å². The van der Waals surface area contributed by atoms with Gasteiger partial charge in [-0.1, -0.05) is 19.1 Å². The topological polar surface area (TPSA) is 66.6 Å². The van der Waals surface area contributed by atoms with Crippen LogP contribution in [0, 0.1) is 0 Å². The van der Waals surface area contributed by atoms with Crippen molar-refractivity contribution in [2.75, 3.05) is 31.6 Å². The molecule has 0 aromatic heterocycles. The second kappa shape index (κ2) is 8.15. The van der Waals surface area contributed by atoms with Crippen molar-refractivity contribution in [1.29, 1.82) is 0 Å². The fourth-order valence-electron chi connectivity index (χ4n) is 3.08. The summed E-state index contributed by atoms with van der Waals surface area (Å²) in [6.07, 6.45) is 3.09. The summed E-state index contributed by atoms with van der Waals surface area (Å²) in [5, 5.41) is 0. The van der Waals surface area contributed by atoms with Crippen molar-refractivity contribution >= 4 is 28.1 Å². The lowest BCUT2D eigenvalue weighted by Crippen LogP contribution is -2.46. The SMILES string of the molecule is CCN(C1CCN(Cc2cccc(N)c2)CC1)S(C)(=O)=O.Cl. The maximum absolute atomic E-state index is 11.8. The number of sulfonamides is 1. The number of anilines is 1. The first-order valence-corrected chi connectivity index (χ1v) is 9.28. The van der Waals surface area contributed by atoms with Gasteiger partial charge in [0.25, 0.3) is 0 Å². The fourth-order valence-corrected chi connectivity index (χ4v) is 4.30. The maximum Gasteiger partial charge on any atom is 0.211 e. The Morgan fingerprint density at radius 2 is 1.95 bits per heavy atom. The molecular formula is C15H26ClN3O2S. The molecular weight excluding hydrogens is 322 g/mol. The summed E-state index contributed by atoms with van der Waals surface area (Å²) in [5.41, 5.74) is 7.80. The molecule has 0 radical (unpaired) electrons. The van der Waals surface area contributed by atoms with E-state index >= 15 is 0 Å².